The lowest BCUT2D eigenvalue weighted by atomic mass is 9.64. The van der Waals surface area contributed by atoms with E-state index in [1.54, 1.807) is 0 Å². The second-order valence-electron chi connectivity index (χ2n) is 5.89. The second-order valence-corrected chi connectivity index (χ2v) is 5.89. The Morgan fingerprint density at radius 1 is 1.44 bits per heavy atom. The lowest BCUT2D eigenvalue weighted by molar-refractivity contribution is 0.192. The average Bonchev–Trinajstić information content (AvgIpc) is 2.15. The van der Waals surface area contributed by atoms with Gasteiger partial charge in [-0.3, -0.25) is 0 Å². The standard InChI is InChI=1S/C15H26O/c1-11(2)6-8-13-9-7-12(3)14(10-16)15(13,4)5/h6,13,16H,7-10H2,1-5H3/t13-/m1/s1. The highest BCUT2D eigenvalue weighted by molar-refractivity contribution is 5.24. The predicted molar refractivity (Wildman–Crippen MR) is 70.3 cm³/mol. The van der Waals surface area contributed by atoms with Crippen LogP contribution in [-0.4, -0.2) is 11.7 Å². The molecule has 1 N–H and O–H groups in total. The van der Waals surface area contributed by atoms with Gasteiger partial charge in [0, 0.05) is 0 Å². The molecule has 0 aromatic carbocycles. The van der Waals surface area contributed by atoms with E-state index in [4.69, 9.17) is 0 Å². The third-order valence-electron chi connectivity index (χ3n) is 4.15. The van der Waals surface area contributed by atoms with Crippen LogP contribution in [0.15, 0.2) is 22.8 Å². The number of hydrogen-bond acceptors (Lipinski definition) is 1. The normalized spacial score (nSPS) is 24.5. The molecule has 0 spiro atoms. The van der Waals surface area contributed by atoms with E-state index in [1.165, 1.54) is 23.1 Å². The molecular weight excluding hydrogens is 196 g/mol. The van der Waals surface area contributed by atoms with Crippen molar-refractivity contribution in [1.29, 1.82) is 0 Å². The molecule has 0 bridgehead atoms. The SMILES string of the molecule is CC(C)=CC[C@@H]1CCC(C)=C(CO)C1(C)C. The fraction of sp³-hybridized carbons (Fsp3) is 0.733. The zero-order chi connectivity index (χ0) is 12.3. The van der Waals surface area contributed by atoms with Crippen LogP contribution in [0, 0.1) is 11.3 Å². The summed E-state index contributed by atoms with van der Waals surface area (Å²) < 4.78 is 0. The predicted octanol–water partition coefficient (Wildman–Crippen LogP) is 4.09. The van der Waals surface area contributed by atoms with E-state index in [1.807, 2.05) is 0 Å². The smallest absolute Gasteiger partial charge is 0.0649 e. The molecular formula is C15H26O. The molecule has 1 aliphatic rings. The summed E-state index contributed by atoms with van der Waals surface area (Å²) in [6.07, 6.45) is 5.89. The minimum absolute atomic E-state index is 0.156. The van der Waals surface area contributed by atoms with Crippen LogP contribution >= 0.6 is 0 Å². The van der Waals surface area contributed by atoms with Crippen molar-refractivity contribution in [1.82, 2.24) is 0 Å². The van der Waals surface area contributed by atoms with Crippen molar-refractivity contribution in [2.45, 2.75) is 53.9 Å². The molecule has 1 nitrogen and oxygen atoms in total. The molecule has 0 heterocycles. The van der Waals surface area contributed by atoms with Crippen LogP contribution in [0.5, 0.6) is 0 Å². The van der Waals surface area contributed by atoms with E-state index >= 15 is 0 Å². The summed E-state index contributed by atoms with van der Waals surface area (Å²) in [6.45, 7) is 11.3. The van der Waals surface area contributed by atoms with Gasteiger partial charge in [-0.25, -0.2) is 0 Å². The highest BCUT2D eigenvalue weighted by Crippen LogP contribution is 2.46. The van der Waals surface area contributed by atoms with Gasteiger partial charge in [0.15, 0.2) is 0 Å². The number of hydrogen-bond donors (Lipinski definition) is 1. The number of aliphatic hydroxyl groups is 1. The summed E-state index contributed by atoms with van der Waals surface area (Å²) in [5.74, 6) is 0.674. The van der Waals surface area contributed by atoms with E-state index in [0.717, 1.165) is 12.8 Å². The Bertz CT molecular complexity index is 303. The first-order chi connectivity index (χ1) is 7.39. The summed E-state index contributed by atoms with van der Waals surface area (Å²) in [5.41, 5.74) is 4.22. The minimum Gasteiger partial charge on any atom is -0.392 e. The highest BCUT2D eigenvalue weighted by atomic mass is 16.3. The molecule has 0 amide bonds. The fourth-order valence-corrected chi connectivity index (χ4v) is 2.83. The fourth-order valence-electron chi connectivity index (χ4n) is 2.83. The number of aliphatic hydroxyl groups excluding tert-OH is 1. The maximum absolute atomic E-state index is 9.52. The van der Waals surface area contributed by atoms with E-state index in [9.17, 15) is 5.11 Å². The minimum atomic E-state index is 0.156. The summed E-state index contributed by atoms with van der Waals surface area (Å²) in [7, 11) is 0. The van der Waals surface area contributed by atoms with Gasteiger partial charge in [0.1, 0.15) is 0 Å². The Morgan fingerprint density at radius 2 is 2.06 bits per heavy atom. The molecule has 1 aliphatic carbocycles. The second kappa shape index (κ2) is 5.18. The Kier molecular flexibility index (Phi) is 4.37. The van der Waals surface area contributed by atoms with Gasteiger partial charge < -0.3 is 5.11 Å². The quantitative estimate of drug-likeness (QED) is 0.713. The molecule has 0 fully saturated rings. The van der Waals surface area contributed by atoms with Gasteiger partial charge >= 0.3 is 0 Å². The Hall–Kier alpha value is -0.560. The summed E-state index contributed by atoms with van der Waals surface area (Å²) in [6, 6.07) is 0. The van der Waals surface area contributed by atoms with Crippen molar-refractivity contribution in [3.8, 4) is 0 Å². The van der Waals surface area contributed by atoms with Crippen molar-refractivity contribution < 1.29 is 5.11 Å². The Morgan fingerprint density at radius 3 is 2.56 bits per heavy atom. The van der Waals surface area contributed by atoms with Crippen LogP contribution < -0.4 is 0 Å². The van der Waals surface area contributed by atoms with Crippen LogP contribution in [-0.2, 0) is 0 Å². The van der Waals surface area contributed by atoms with Gasteiger partial charge in [0.2, 0.25) is 0 Å². The first-order valence-electron chi connectivity index (χ1n) is 6.33. The van der Waals surface area contributed by atoms with E-state index < -0.39 is 0 Å². The molecule has 0 aliphatic heterocycles. The van der Waals surface area contributed by atoms with Crippen LogP contribution in [0.2, 0.25) is 0 Å². The number of allylic oxidation sites excluding steroid dienone is 3. The van der Waals surface area contributed by atoms with Crippen molar-refractivity contribution in [2.75, 3.05) is 6.61 Å². The third kappa shape index (κ3) is 2.76. The monoisotopic (exact) mass is 222 g/mol. The lowest BCUT2D eigenvalue weighted by Gasteiger charge is -2.41. The first-order valence-corrected chi connectivity index (χ1v) is 6.33. The molecule has 1 atom stereocenters. The van der Waals surface area contributed by atoms with Gasteiger partial charge in [0.05, 0.1) is 6.61 Å². The van der Waals surface area contributed by atoms with E-state index in [-0.39, 0.29) is 12.0 Å². The molecule has 0 unspecified atom stereocenters. The van der Waals surface area contributed by atoms with Crippen LogP contribution in [0.3, 0.4) is 0 Å². The molecule has 0 saturated heterocycles. The first kappa shape index (κ1) is 13.5. The zero-order valence-corrected chi connectivity index (χ0v) is 11.4. The number of rotatable bonds is 3. The summed E-state index contributed by atoms with van der Waals surface area (Å²) in [5, 5.41) is 9.52. The van der Waals surface area contributed by atoms with Gasteiger partial charge in [-0.05, 0) is 56.9 Å². The van der Waals surface area contributed by atoms with Crippen LogP contribution in [0.4, 0.5) is 0 Å². The van der Waals surface area contributed by atoms with Gasteiger partial charge in [-0.2, -0.15) is 0 Å². The topological polar surface area (TPSA) is 20.2 Å². The largest absolute Gasteiger partial charge is 0.392 e. The van der Waals surface area contributed by atoms with E-state index in [0.29, 0.717) is 5.92 Å². The van der Waals surface area contributed by atoms with Crippen LogP contribution in [0.25, 0.3) is 0 Å². The van der Waals surface area contributed by atoms with Crippen molar-refractivity contribution in [3.05, 3.63) is 22.8 Å². The lowest BCUT2D eigenvalue weighted by Crippen LogP contribution is -2.32. The van der Waals surface area contributed by atoms with Crippen molar-refractivity contribution >= 4 is 0 Å². The van der Waals surface area contributed by atoms with E-state index in [2.05, 4.69) is 40.7 Å². The van der Waals surface area contributed by atoms with Gasteiger partial charge in [-0.1, -0.05) is 31.1 Å². The molecule has 0 saturated carbocycles. The third-order valence-corrected chi connectivity index (χ3v) is 4.15. The molecule has 92 valence electrons. The van der Waals surface area contributed by atoms with Crippen molar-refractivity contribution in [3.63, 3.8) is 0 Å². The molecule has 0 radical (unpaired) electrons. The molecule has 1 heteroatoms. The van der Waals surface area contributed by atoms with Crippen LogP contribution in [0.1, 0.15) is 53.9 Å². The molecule has 16 heavy (non-hydrogen) atoms. The maximum atomic E-state index is 9.52. The summed E-state index contributed by atoms with van der Waals surface area (Å²) >= 11 is 0. The van der Waals surface area contributed by atoms with Gasteiger partial charge in [0.25, 0.3) is 0 Å². The van der Waals surface area contributed by atoms with Crippen molar-refractivity contribution in [2.24, 2.45) is 11.3 Å². The molecule has 0 aromatic rings. The average molecular weight is 222 g/mol. The highest BCUT2D eigenvalue weighted by Gasteiger charge is 2.35. The maximum Gasteiger partial charge on any atom is 0.0649 e. The molecule has 1 rings (SSSR count). The molecule has 0 aromatic heterocycles. The Labute approximate surface area is 100 Å². The van der Waals surface area contributed by atoms with Gasteiger partial charge in [-0.15, -0.1) is 0 Å². The summed E-state index contributed by atoms with van der Waals surface area (Å²) in [4.78, 5) is 0. The zero-order valence-electron chi connectivity index (χ0n) is 11.4. The Balaban J connectivity index is 2.88.